The van der Waals surface area contributed by atoms with E-state index in [0.717, 1.165) is 0 Å². The van der Waals surface area contributed by atoms with Crippen LogP contribution in [0.25, 0.3) is 0 Å². The molecule has 0 bridgehead atoms. The maximum absolute atomic E-state index is 3.55. The van der Waals surface area contributed by atoms with Gasteiger partial charge in [0, 0.05) is 12.2 Å². The highest BCUT2D eigenvalue weighted by Gasteiger charge is 2.08. The first-order valence-electron chi connectivity index (χ1n) is 5.27. The van der Waals surface area contributed by atoms with Crippen LogP contribution in [0.3, 0.4) is 0 Å². The molecule has 0 unspecified atom stereocenters. The van der Waals surface area contributed by atoms with E-state index in [4.69, 9.17) is 0 Å². The van der Waals surface area contributed by atoms with Gasteiger partial charge in [-0.05, 0) is 32.6 Å². The molecule has 1 aliphatic carbocycles. The molecule has 0 aromatic carbocycles. The molecule has 0 spiro atoms. The Kier molecular flexibility index (Phi) is 4.20. The Morgan fingerprint density at radius 1 is 1.25 bits per heavy atom. The van der Waals surface area contributed by atoms with Gasteiger partial charge in [-0.15, -0.1) is 0 Å². The van der Waals surface area contributed by atoms with Gasteiger partial charge in [0.1, 0.15) is 0 Å². The summed E-state index contributed by atoms with van der Waals surface area (Å²) in [6, 6.07) is 0. The van der Waals surface area contributed by atoms with Crippen LogP contribution in [-0.2, 0) is 0 Å². The second-order valence-electron chi connectivity index (χ2n) is 3.75. The van der Waals surface area contributed by atoms with Gasteiger partial charge in [-0.25, -0.2) is 0 Å². The van der Waals surface area contributed by atoms with Gasteiger partial charge >= 0.3 is 0 Å². The lowest BCUT2D eigenvalue weighted by molar-refractivity contribution is 0.655. The van der Waals surface area contributed by atoms with E-state index in [0.29, 0.717) is 0 Å². The smallest absolute Gasteiger partial charge is 0.0143 e. The Balaban J connectivity index is 2.10. The largest absolute Gasteiger partial charge is 0.388 e. The van der Waals surface area contributed by atoms with E-state index >= 15 is 0 Å². The summed E-state index contributed by atoms with van der Waals surface area (Å²) in [6.07, 6.45) is 7.97. The zero-order valence-corrected chi connectivity index (χ0v) is 8.45. The lowest BCUT2D eigenvalue weighted by Crippen LogP contribution is -2.14. The number of allylic oxidation sites excluding steroid dienone is 2. The first kappa shape index (κ1) is 9.63. The topological polar surface area (TPSA) is 12.0 Å². The summed E-state index contributed by atoms with van der Waals surface area (Å²) in [7, 11) is 0. The summed E-state index contributed by atoms with van der Waals surface area (Å²) in [5.41, 5.74) is 3.12. The van der Waals surface area contributed by atoms with Crippen LogP contribution in [-0.4, -0.2) is 6.54 Å². The van der Waals surface area contributed by atoms with Crippen LogP contribution in [0.4, 0.5) is 0 Å². The maximum Gasteiger partial charge on any atom is 0.0143 e. The molecule has 1 heteroatoms. The molecule has 70 valence electrons. The van der Waals surface area contributed by atoms with Gasteiger partial charge in [0.2, 0.25) is 0 Å². The quantitative estimate of drug-likeness (QED) is 0.620. The molecular weight excluding hydrogens is 146 g/mol. The van der Waals surface area contributed by atoms with Crippen molar-refractivity contribution >= 4 is 0 Å². The molecule has 12 heavy (non-hydrogen) atoms. The van der Waals surface area contributed by atoms with Crippen molar-refractivity contribution in [1.29, 1.82) is 0 Å². The molecule has 0 atom stereocenters. The van der Waals surface area contributed by atoms with E-state index in [1.54, 1.807) is 5.57 Å². The van der Waals surface area contributed by atoms with Gasteiger partial charge in [0.15, 0.2) is 0 Å². The molecule has 0 radical (unpaired) electrons. The van der Waals surface area contributed by atoms with Gasteiger partial charge in [0.25, 0.3) is 0 Å². The molecular formula is C11H21N. The predicted octanol–water partition coefficient (Wildman–Crippen LogP) is 3.22. The monoisotopic (exact) mass is 167 g/mol. The second kappa shape index (κ2) is 5.23. The zero-order chi connectivity index (χ0) is 8.81. The van der Waals surface area contributed by atoms with Crippen LogP contribution >= 0.6 is 0 Å². The minimum absolute atomic E-state index is 1.18. The average molecular weight is 167 g/mol. The molecule has 0 amide bonds. The minimum atomic E-state index is 1.18. The van der Waals surface area contributed by atoms with Crippen molar-refractivity contribution in [2.45, 2.75) is 52.4 Å². The molecule has 1 nitrogen and oxygen atoms in total. The fourth-order valence-corrected chi connectivity index (χ4v) is 1.75. The molecule has 0 saturated heterocycles. The summed E-state index contributed by atoms with van der Waals surface area (Å²) >= 11 is 0. The third-order valence-corrected chi connectivity index (χ3v) is 2.61. The summed E-state index contributed by atoms with van der Waals surface area (Å²) in [5, 5.41) is 3.55. The number of unbranched alkanes of at least 4 members (excludes halogenated alkanes) is 2. The standard InChI is InChI=1S/C11H21N/c1-3-4-5-9-12-11-8-6-7-10(11)2/h12H,3-9H2,1-2H3. The van der Waals surface area contributed by atoms with Crippen LogP contribution < -0.4 is 5.32 Å². The molecule has 0 aliphatic heterocycles. The van der Waals surface area contributed by atoms with Gasteiger partial charge in [-0.3, -0.25) is 0 Å². The Morgan fingerprint density at radius 2 is 2.08 bits per heavy atom. The van der Waals surface area contributed by atoms with Gasteiger partial charge in [-0.1, -0.05) is 25.3 Å². The Bertz CT molecular complexity index is 158. The summed E-state index contributed by atoms with van der Waals surface area (Å²) in [5.74, 6) is 0. The van der Waals surface area contributed by atoms with Crippen LogP contribution in [0.5, 0.6) is 0 Å². The van der Waals surface area contributed by atoms with E-state index in [2.05, 4.69) is 19.2 Å². The van der Waals surface area contributed by atoms with Gasteiger partial charge in [-0.2, -0.15) is 0 Å². The van der Waals surface area contributed by atoms with Crippen LogP contribution in [0.2, 0.25) is 0 Å². The van der Waals surface area contributed by atoms with Gasteiger partial charge in [0.05, 0.1) is 0 Å². The van der Waals surface area contributed by atoms with E-state index < -0.39 is 0 Å². The van der Waals surface area contributed by atoms with Crippen molar-refractivity contribution in [3.05, 3.63) is 11.3 Å². The highest BCUT2D eigenvalue weighted by atomic mass is 14.9. The number of nitrogens with one attached hydrogen (secondary N) is 1. The fraction of sp³-hybridized carbons (Fsp3) is 0.818. The molecule has 0 fully saturated rings. The summed E-state index contributed by atoms with van der Waals surface area (Å²) in [4.78, 5) is 0. The second-order valence-corrected chi connectivity index (χ2v) is 3.75. The zero-order valence-electron chi connectivity index (χ0n) is 8.45. The number of hydrogen-bond acceptors (Lipinski definition) is 1. The van der Waals surface area contributed by atoms with Crippen molar-refractivity contribution < 1.29 is 0 Å². The molecule has 0 heterocycles. The van der Waals surface area contributed by atoms with Crippen LogP contribution in [0.1, 0.15) is 52.4 Å². The van der Waals surface area contributed by atoms with E-state index in [-0.39, 0.29) is 0 Å². The normalized spacial score (nSPS) is 17.2. The third kappa shape index (κ3) is 2.88. The first-order valence-corrected chi connectivity index (χ1v) is 5.27. The third-order valence-electron chi connectivity index (χ3n) is 2.61. The highest BCUT2D eigenvalue weighted by Crippen LogP contribution is 2.22. The lowest BCUT2D eigenvalue weighted by atomic mass is 10.2. The van der Waals surface area contributed by atoms with Crippen molar-refractivity contribution in [2.24, 2.45) is 0 Å². The maximum atomic E-state index is 3.55. The van der Waals surface area contributed by atoms with Crippen molar-refractivity contribution in [3.8, 4) is 0 Å². The van der Waals surface area contributed by atoms with Crippen LogP contribution in [0, 0.1) is 0 Å². The Labute approximate surface area is 76.2 Å². The molecule has 1 N–H and O–H groups in total. The van der Waals surface area contributed by atoms with Gasteiger partial charge < -0.3 is 5.32 Å². The number of hydrogen-bond donors (Lipinski definition) is 1. The summed E-state index contributed by atoms with van der Waals surface area (Å²) in [6.45, 7) is 5.69. The first-order chi connectivity index (χ1) is 5.84. The van der Waals surface area contributed by atoms with Crippen LogP contribution in [0.15, 0.2) is 11.3 Å². The fourth-order valence-electron chi connectivity index (χ4n) is 1.75. The summed E-state index contributed by atoms with van der Waals surface area (Å²) < 4.78 is 0. The number of rotatable bonds is 5. The van der Waals surface area contributed by atoms with E-state index in [1.165, 1.54) is 50.8 Å². The van der Waals surface area contributed by atoms with Crippen molar-refractivity contribution in [1.82, 2.24) is 5.32 Å². The van der Waals surface area contributed by atoms with E-state index in [9.17, 15) is 0 Å². The molecule has 1 aliphatic rings. The predicted molar refractivity (Wildman–Crippen MR) is 54.1 cm³/mol. The SMILES string of the molecule is CCCCCNC1=C(C)CCC1. The van der Waals surface area contributed by atoms with Crippen molar-refractivity contribution in [3.63, 3.8) is 0 Å². The Hall–Kier alpha value is -0.460. The molecule has 0 aromatic rings. The molecule has 0 aromatic heterocycles. The highest BCUT2D eigenvalue weighted by molar-refractivity contribution is 5.15. The molecule has 1 rings (SSSR count). The lowest BCUT2D eigenvalue weighted by Gasteiger charge is -2.07. The Morgan fingerprint density at radius 3 is 2.67 bits per heavy atom. The van der Waals surface area contributed by atoms with E-state index in [1.807, 2.05) is 0 Å². The van der Waals surface area contributed by atoms with Crippen molar-refractivity contribution in [2.75, 3.05) is 6.54 Å². The molecule has 0 saturated carbocycles. The minimum Gasteiger partial charge on any atom is -0.388 e. The average Bonchev–Trinajstić information content (AvgIpc) is 2.46.